The Labute approximate surface area is 142 Å². The Kier molecular flexibility index (Phi) is 7.32. The number of guanidine groups is 1. The summed E-state index contributed by atoms with van der Waals surface area (Å²) < 4.78 is 0. The summed E-state index contributed by atoms with van der Waals surface area (Å²) in [5.41, 5.74) is 0. The molecule has 6 nitrogen and oxygen atoms in total. The van der Waals surface area contributed by atoms with Gasteiger partial charge in [-0.2, -0.15) is 0 Å². The average molecular weight is 337 g/mol. The molecule has 128 valence electrons. The van der Waals surface area contributed by atoms with E-state index in [1.54, 1.807) is 18.4 Å². The van der Waals surface area contributed by atoms with E-state index in [0.717, 1.165) is 11.0 Å². The van der Waals surface area contributed by atoms with Crippen molar-refractivity contribution in [2.24, 2.45) is 10.9 Å². The van der Waals surface area contributed by atoms with Gasteiger partial charge in [-0.1, -0.05) is 12.8 Å². The van der Waals surface area contributed by atoms with Gasteiger partial charge in [0.15, 0.2) is 5.96 Å². The third kappa shape index (κ3) is 6.56. The first-order chi connectivity index (χ1) is 11.2. The quantitative estimate of drug-likeness (QED) is 0.403. The molecule has 0 unspecified atom stereocenters. The number of carbonyl (C=O) groups is 1. The third-order valence-corrected chi connectivity index (χ3v) is 4.90. The molecule has 23 heavy (non-hydrogen) atoms. The molecule has 1 aromatic rings. The van der Waals surface area contributed by atoms with Crippen LogP contribution in [0.4, 0.5) is 0 Å². The summed E-state index contributed by atoms with van der Waals surface area (Å²) in [6, 6.07) is 0. The van der Waals surface area contributed by atoms with Gasteiger partial charge >= 0.3 is 0 Å². The van der Waals surface area contributed by atoms with Gasteiger partial charge in [0.25, 0.3) is 0 Å². The van der Waals surface area contributed by atoms with Crippen molar-refractivity contribution in [2.75, 3.05) is 20.1 Å². The molecule has 1 amide bonds. The first-order valence-corrected chi connectivity index (χ1v) is 9.11. The van der Waals surface area contributed by atoms with Gasteiger partial charge in [0, 0.05) is 37.6 Å². The summed E-state index contributed by atoms with van der Waals surface area (Å²) in [5, 5.41) is 10.4. The van der Waals surface area contributed by atoms with Crippen LogP contribution >= 0.6 is 11.3 Å². The maximum atomic E-state index is 11.8. The highest BCUT2D eigenvalue weighted by atomic mass is 32.1. The minimum atomic E-state index is 0.167. The molecule has 2 rings (SSSR count). The van der Waals surface area contributed by atoms with Crippen LogP contribution < -0.4 is 16.0 Å². The van der Waals surface area contributed by atoms with Crippen LogP contribution in [0.5, 0.6) is 0 Å². The average Bonchev–Trinajstić information content (AvgIpc) is 3.18. The van der Waals surface area contributed by atoms with E-state index in [2.05, 4.69) is 25.9 Å². The molecule has 1 heterocycles. The lowest BCUT2D eigenvalue weighted by molar-refractivity contribution is -0.121. The molecule has 0 radical (unpaired) electrons. The van der Waals surface area contributed by atoms with Crippen LogP contribution in [0.2, 0.25) is 0 Å². The number of hydrogen-bond acceptors (Lipinski definition) is 4. The summed E-state index contributed by atoms with van der Waals surface area (Å²) in [7, 11) is 1.74. The number of aliphatic imine (C=N–C) groups is 1. The van der Waals surface area contributed by atoms with Crippen molar-refractivity contribution in [3.63, 3.8) is 0 Å². The van der Waals surface area contributed by atoms with E-state index >= 15 is 0 Å². The standard InChI is InChI=1S/C16H27N5OS/c1-12-10-20-15(23-12)11-21-16(17-2)19-8-7-18-14(22)9-13-5-3-4-6-13/h10,13H,3-9,11H2,1-2H3,(H,18,22)(H2,17,19,21). The largest absolute Gasteiger partial charge is 0.355 e. The van der Waals surface area contributed by atoms with Crippen LogP contribution in [0.1, 0.15) is 42.0 Å². The summed E-state index contributed by atoms with van der Waals surface area (Å²) in [6.45, 7) is 3.98. The Morgan fingerprint density at radius 3 is 2.70 bits per heavy atom. The van der Waals surface area contributed by atoms with Gasteiger partial charge in [0.2, 0.25) is 5.91 Å². The van der Waals surface area contributed by atoms with E-state index in [1.807, 2.05) is 13.1 Å². The molecule has 7 heteroatoms. The zero-order chi connectivity index (χ0) is 16.5. The summed E-state index contributed by atoms with van der Waals surface area (Å²) in [6.07, 6.45) is 7.52. The summed E-state index contributed by atoms with van der Waals surface area (Å²) >= 11 is 1.67. The topological polar surface area (TPSA) is 78.4 Å². The Bertz CT molecular complexity index is 522. The van der Waals surface area contributed by atoms with Gasteiger partial charge in [-0.25, -0.2) is 4.98 Å². The highest BCUT2D eigenvalue weighted by Gasteiger charge is 2.17. The van der Waals surface area contributed by atoms with Crippen LogP contribution in [0, 0.1) is 12.8 Å². The smallest absolute Gasteiger partial charge is 0.220 e. The lowest BCUT2D eigenvalue weighted by Crippen LogP contribution is -2.41. The van der Waals surface area contributed by atoms with Crippen molar-refractivity contribution < 1.29 is 4.79 Å². The number of amides is 1. The molecule has 1 aliphatic rings. The SMILES string of the molecule is CN=C(NCCNC(=O)CC1CCCC1)NCc1ncc(C)s1. The van der Waals surface area contributed by atoms with E-state index in [4.69, 9.17) is 0 Å². The Hall–Kier alpha value is -1.63. The van der Waals surface area contributed by atoms with Crippen LogP contribution in [-0.4, -0.2) is 37.0 Å². The molecule has 1 fully saturated rings. The maximum absolute atomic E-state index is 11.8. The van der Waals surface area contributed by atoms with E-state index < -0.39 is 0 Å². The van der Waals surface area contributed by atoms with Crippen LogP contribution in [0.3, 0.4) is 0 Å². The monoisotopic (exact) mass is 337 g/mol. The van der Waals surface area contributed by atoms with Crippen molar-refractivity contribution in [3.8, 4) is 0 Å². The minimum absolute atomic E-state index is 0.167. The lowest BCUT2D eigenvalue weighted by atomic mass is 10.0. The molecule has 0 aliphatic heterocycles. The van der Waals surface area contributed by atoms with Gasteiger partial charge in [-0.15, -0.1) is 11.3 Å². The normalized spacial score (nSPS) is 15.7. The Balaban J connectivity index is 1.57. The molecule has 3 N–H and O–H groups in total. The fourth-order valence-corrected chi connectivity index (χ4v) is 3.52. The number of aryl methyl sites for hydroxylation is 1. The maximum Gasteiger partial charge on any atom is 0.220 e. The number of rotatable bonds is 7. The number of nitrogens with zero attached hydrogens (tertiary/aromatic N) is 2. The van der Waals surface area contributed by atoms with Gasteiger partial charge in [-0.3, -0.25) is 9.79 Å². The number of nitrogens with one attached hydrogen (secondary N) is 3. The molecule has 0 bridgehead atoms. The van der Waals surface area contributed by atoms with Crippen LogP contribution in [0.15, 0.2) is 11.2 Å². The van der Waals surface area contributed by atoms with Crippen molar-refractivity contribution in [2.45, 2.75) is 45.6 Å². The number of aromatic nitrogens is 1. The lowest BCUT2D eigenvalue weighted by Gasteiger charge is -2.12. The van der Waals surface area contributed by atoms with E-state index in [0.29, 0.717) is 32.0 Å². The number of thiazole rings is 1. The predicted octanol–water partition coefficient (Wildman–Crippen LogP) is 1.81. The predicted molar refractivity (Wildman–Crippen MR) is 94.6 cm³/mol. The highest BCUT2D eigenvalue weighted by molar-refractivity contribution is 7.11. The fraction of sp³-hybridized carbons (Fsp3) is 0.688. The van der Waals surface area contributed by atoms with Gasteiger partial charge < -0.3 is 16.0 Å². The first-order valence-electron chi connectivity index (χ1n) is 8.30. The minimum Gasteiger partial charge on any atom is -0.355 e. The molecule has 0 spiro atoms. The highest BCUT2D eigenvalue weighted by Crippen LogP contribution is 2.27. The first kappa shape index (κ1) is 17.7. The van der Waals surface area contributed by atoms with Crippen molar-refractivity contribution in [1.29, 1.82) is 0 Å². The zero-order valence-electron chi connectivity index (χ0n) is 14.0. The van der Waals surface area contributed by atoms with Crippen molar-refractivity contribution >= 4 is 23.2 Å². The van der Waals surface area contributed by atoms with Gasteiger partial charge in [0.05, 0.1) is 6.54 Å². The van der Waals surface area contributed by atoms with Gasteiger partial charge in [-0.05, 0) is 25.7 Å². The van der Waals surface area contributed by atoms with Crippen LogP contribution in [-0.2, 0) is 11.3 Å². The molecule has 1 aliphatic carbocycles. The Morgan fingerprint density at radius 1 is 1.30 bits per heavy atom. The molecular formula is C16H27N5OS. The fourth-order valence-electron chi connectivity index (χ4n) is 2.79. The second-order valence-corrected chi connectivity index (χ2v) is 7.24. The molecule has 0 saturated heterocycles. The second-order valence-electron chi connectivity index (χ2n) is 5.92. The number of carbonyl (C=O) groups excluding carboxylic acids is 1. The Morgan fingerprint density at radius 2 is 2.04 bits per heavy atom. The summed E-state index contributed by atoms with van der Waals surface area (Å²) in [5.74, 6) is 1.49. The van der Waals surface area contributed by atoms with E-state index in [-0.39, 0.29) is 5.91 Å². The molecule has 0 aromatic carbocycles. The van der Waals surface area contributed by atoms with E-state index in [9.17, 15) is 4.79 Å². The van der Waals surface area contributed by atoms with Gasteiger partial charge in [0.1, 0.15) is 5.01 Å². The van der Waals surface area contributed by atoms with Crippen molar-refractivity contribution in [3.05, 3.63) is 16.1 Å². The summed E-state index contributed by atoms with van der Waals surface area (Å²) in [4.78, 5) is 21.5. The van der Waals surface area contributed by atoms with Crippen molar-refractivity contribution in [1.82, 2.24) is 20.9 Å². The molecular weight excluding hydrogens is 310 g/mol. The molecule has 1 aromatic heterocycles. The van der Waals surface area contributed by atoms with Crippen LogP contribution in [0.25, 0.3) is 0 Å². The number of hydrogen-bond donors (Lipinski definition) is 3. The van der Waals surface area contributed by atoms with E-state index in [1.165, 1.54) is 30.6 Å². The zero-order valence-corrected chi connectivity index (χ0v) is 14.8. The molecule has 0 atom stereocenters. The molecule has 1 saturated carbocycles. The second kappa shape index (κ2) is 9.50. The third-order valence-electron chi connectivity index (χ3n) is 3.99.